The summed E-state index contributed by atoms with van der Waals surface area (Å²) < 4.78 is 10.4. The number of rotatable bonds is 8. The standard InChI is InChI=1S/C20H28N2O5/c1-5-13(3)18(20(25)27-6-2)21-19(24)14-11-17(23)22(12-14)15-9-7-8-10-16(15)26-4/h7-10,13-14,18H,5-6,11-12H2,1-4H3,(H,21,24)/t13-,14+,18+/m0/s1. The van der Waals surface area contributed by atoms with Gasteiger partial charge in [-0.25, -0.2) is 4.79 Å². The van der Waals surface area contributed by atoms with Crippen LogP contribution in [-0.4, -0.2) is 44.1 Å². The van der Waals surface area contributed by atoms with Gasteiger partial charge in [-0.3, -0.25) is 9.59 Å². The molecular weight excluding hydrogens is 348 g/mol. The molecule has 27 heavy (non-hydrogen) atoms. The number of hydrogen-bond acceptors (Lipinski definition) is 5. The van der Waals surface area contributed by atoms with Crippen molar-refractivity contribution in [2.75, 3.05) is 25.2 Å². The number of anilines is 1. The highest BCUT2D eigenvalue weighted by atomic mass is 16.5. The minimum absolute atomic E-state index is 0.0598. The van der Waals surface area contributed by atoms with E-state index in [0.29, 0.717) is 11.4 Å². The molecule has 1 fully saturated rings. The lowest BCUT2D eigenvalue weighted by Gasteiger charge is -2.24. The maximum absolute atomic E-state index is 12.7. The van der Waals surface area contributed by atoms with Crippen LogP contribution in [-0.2, 0) is 19.1 Å². The van der Waals surface area contributed by atoms with Gasteiger partial charge in [-0.05, 0) is 25.0 Å². The highest BCUT2D eigenvalue weighted by Gasteiger charge is 2.38. The van der Waals surface area contributed by atoms with Gasteiger partial charge in [0.15, 0.2) is 0 Å². The van der Waals surface area contributed by atoms with Crippen molar-refractivity contribution in [1.29, 1.82) is 0 Å². The first kappa shape index (κ1) is 20.7. The molecule has 1 saturated heterocycles. The third kappa shape index (κ3) is 4.78. The van der Waals surface area contributed by atoms with Crippen LogP contribution in [0, 0.1) is 11.8 Å². The minimum atomic E-state index is -0.710. The fourth-order valence-corrected chi connectivity index (χ4v) is 3.14. The molecular formula is C20H28N2O5. The number of nitrogens with one attached hydrogen (secondary N) is 1. The number of amides is 2. The maximum Gasteiger partial charge on any atom is 0.328 e. The second-order valence-corrected chi connectivity index (χ2v) is 6.70. The van der Waals surface area contributed by atoms with Crippen LogP contribution in [0.2, 0.25) is 0 Å². The van der Waals surface area contributed by atoms with E-state index in [9.17, 15) is 14.4 Å². The Morgan fingerprint density at radius 2 is 2.00 bits per heavy atom. The third-order valence-corrected chi connectivity index (χ3v) is 4.92. The average molecular weight is 376 g/mol. The number of carbonyl (C=O) groups is 3. The highest BCUT2D eigenvalue weighted by molar-refractivity contribution is 6.01. The normalized spacial score (nSPS) is 18.7. The predicted molar refractivity (Wildman–Crippen MR) is 101 cm³/mol. The summed E-state index contributed by atoms with van der Waals surface area (Å²) in [6.45, 7) is 6.08. The first-order valence-electron chi connectivity index (χ1n) is 9.33. The van der Waals surface area contributed by atoms with E-state index in [1.807, 2.05) is 26.0 Å². The smallest absolute Gasteiger partial charge is 0.328 e. The summed E-state index contributed by atoms with van der Waals surface area (Å²) in [6, 6.07) is 6.49. The zero-order valence-corrected chi connectivity index (χ0v) is 16.4. The van der Waals surface area contributed by atoms with Crippen LogP contribution in [0.5, 0.6) is 5.75 Å². The summed E-state index contributed by atoms with van der Waals surface area (Å²) in [7, 11) is 1.54. The Balaban J connectivity index is 2.11. The van der Waals surface area contributed by atoms with Gasteiger partial charge in [0.2, 0.25) is 11.8 Å². The molecule has 7 heteroatoms. The quantitative estimate of drug-likeness (QED) is 0.703. The molecule has 0 unspecified atom stereocenters. The Bertz CT molecular complexity index is 691. The number of carbonyl (C=O) groups excluding carboxylic acids is 3. The van der Waals surface area contributed by atoms with Gasteiger partial charge in [0.25, 0.3) is 0 Å². The molecule has 0 saturated carbocycles. The van der Waals surface area contributed by atoms with E-state index in [-0.39, 0.29) is 37.3 Å². The topological polar surface area (TPSA) is 84.9 Å². The molecule has 0 aliphatic carbocycles. The fraction of sp³-hybridized carbons (Fsp3) is 0.550. The Hall–Kier alpha value is -2.57. The lowest BCUT2D eigenvalue weighted by atomic mass is 9.98. The molecule has 7 nitrogen and oxygen atoms in total. The van der Waals surface area contributed by atoms with Gasteiger partial charge in [0.05, 0.1) is 25.3 Å². The Morgan fingerprint density at radius 1 is 1.30 bits per heavy atom. The molecule has 1 aliphatic heterocycles. The molecule has 0 aromatic heterocycles. The van der Waals surface area contributed by atoms with Gasteiger partial charge in [0.1, 0.15) is 11.8 Å². The number of esters is 1. The fourth-order valence-electron chi connectivity index (χ4n) is 3.14. The van der Waals surface area contributed by atoms with Gasteiger partial charge < -0.3 is 19.7 Å². The molecule has 148 valence electrons. The molecule has 2 rings (SSSR count). The van der Waals surface area contributed by atoms with Gasteiger partial charge in [-0.1, -0.05) is 32.4 Å². The van der Waals surface area contributed by atoms with E-state index in [1.54, 1.807) is 31.1 Å². The van der Waals surface area contributed by atoms with Crippen molar-refractivity contribution in [3.8, 4) is 5.75 Å². The van der Waals surface area contributed by atoms with Crippen LogP contribution in [0.4, 0.5) is 5.69 Å². The van der Waals surface area contributed by atoms with Crippen molar-refractivity contribution in [1.82, 2.24) is 5.32 Å². The van der Waals surface area contributed by atoms with Gasteiger partial charge in [-0.2, -0.15) is 0 Å². The summed E-state index contributed by atoms with van der Waals surface area (Å²) in [6.07, 6.45) is 0.820. The van der Waals surface area contributed by atoms with E-state index in [4.69, 9.17) is 9.47 Å². The zero-order valence-electron chi connectivity index (χ0n) is 16.4. The average Bonchev–Trinajstić information content (AvgIpc) is 3.07. The summed E-state index contributed by atoms with van der Waals surface area (Å²) in [5, 5.41) is 2.79. The number of hydrogen-bond donors (Lipinski definition) is 1. The molecule has 0 radical (unpaired) electrons. The molecule has 0 bridgehead atoms. The molecule has 1 N–H and O–H groups in total. The first-order valence-corrected chi connectivity index (χ1v) is 9.33. The lowest BCUT2D eigenvalue weighted by molar-refractivity contribution is -0.149. The van der Waals surface area contributed by atoms with E-state index >= 15 is 0 Å². The number of nitrogens with zero attached hydrogens (tertiary/aromatic N) is 1. The van der Waals surface area contributed by atoms with E-state index < -0.39 is 17.9 Å². The summed E-state index contributed by atoms with van der Waals surface area (Å²) in [5.41, 5.74) is 0.643. The SMILES string of the molecule is CCOC(=O)[C@H](NC(=O)[C@@H]1CC(=O)N(c2ccccc2OC)C1)[C@@H](C)CC. The summed E-state index contributed by atoms with van der Waals surface area (Å²) in [5.74, 6) is -0.893. The van der Waals surface area contributed by atoms with Crippen LogP contribution in [0.3, 0.4) is 0 Å². The van der Waals surface area contributed by atoms with Crippen molar-refractivity contribution in [3.63, 3.8) is 0 Å². The first-order chi connectivity index (χ1) is 12.9. The predicted octanol–water partition coefficient (Wildman–Crippen LogP) is 2.14. The van der Waals surface area contributed by atoms with Crippen molar-refractivity contribution in [2.24, 2.45) is 11.8 Å². The molecule has 1 heterocycles. The lowest BCUT2D eigenvalue weighted by Crippen LogP contribution is -2.48. The monoisotopic (exact) mass is 376 g/mol. The number of ether oxygens (including phenoxy) is 2. The van der Waals surface area contributed by atoms with Crippen molar-refractivity contribution < 1.29 is 23.9 Å². The van der Waals surface area contributed by atoms with Crippen molar-refractivity contribution in [2.45, 2.75) is 39.7 Å². The zero-order chi connectivity index (χ0) is 20.0. The van der Waals surface area contributed by atoms with Crippen LogP contribution in [0.1, 0.15) is 33.6 Å². The van der Waals surface area contributed by atoms with Crippen LogP contribution in [0.25, 0.3) is 0 Å². The van der Waals surface area contributed by atoms with Crippen LogP contribution in [0.15, 0.2) is 24.3 Å². The van der Waals surface area contributed by atoms with E-state index in [1.165, 1.54) is 0 Å². The van der Waals surface area contributed by atoms with Gasteiger partial charge >= 0.3 is 5.97 Å². The second kappa shape index (κ2) is 9.39. The van der Waals surface area contributed by atoms with Crippen LogP contribution < -0.4 is 15.0 Å². The van der Waals surface area contributed by atoms with Crippen molar-refractivity contribution in [3.05, 3.63) is 24.3 Å². The molecule has 1 aromatic carbocycles. The summed E-state index contributed by atoms with van der Waals surface area (Å²) in [4.78, 5) is 39.0. The largest absolute Gasteiger partial charge is 0.495 e. The molecule has 1 aliphatic rings. The molecule has 3 atom stereocenters. The number of para-hydroxylation sites is 2. The Labute approximate surface area is 160 Å². The van der Waals surface area contributed by atoms with Crippen LogP contribution >= 0.6 is 0 Å². The van der Waals surface area contributed by atoms with Gasteiger partial charge in [0, 0.05) is 13.0 Å². The molecule has 0 spiro atoms. The summed E-state index contributed by atoms with van der Waals surface area (Å²) >= 11 is 0. The maximum atomic E-state index is 12.7. The van der Waals surface area contributed by atoms with E-state index in [2.05, 4.69) is 5.32 Å². The molecule has 2 amide bonds. The third-order valence-electron chi connectivity index (χ3n) is 4.92. The van der Waals surface area contributed by atoms with Gasteiger partial charge in [-0.15, -0.1) is 0 Å². The highest BCUT2D eigenvalue weighted by Crippen LogP contribution is 2.32. The van der Waals surface area contributed by atoms with E-state index in [0.717, 1.165) is 6.42 Å². The minimum Gasteiger partial charge on any atom is -0.495 e. The molecule has 1 aromatic rings. The number of methoxy groups -OCH3 is 1. The number of benzene rings is 1. The Morgan fingerprint density at radius 3 is 2.63 bits per heavy atom. The second-order valence-electron chi connectivity index (χ2n) is 6.70. The van der Waals surface area contributed by atoms with Crippen molar-refractivity contribution >= 4 is 23.5 Å². The Kier molecular flexibility index (Phi) is 7.21.